The van der Waals surface area contributed by atoms with Crippen molar-refractivity contribution in [3.8, 4) is 5.69 Å². The molecule has 0 amide bonds. The maximum atomic E-state index is 5.87. The summed E-state index contributed by atoms with van der Waals surface area (Å²) >= 11 is 5.87. The molecule has 0 spiro atoms. The molecule has 32 heavy (non-hydrogen) atoms. The number of aryl methyl sites for hydroxylation is 2. The van der Waals surface area contributed by atoms with Crippen LogP contribution in [-0.2, 0) is 0 Å². The summed E-state index contributed by atoms with van der Waals surface area (Å²) in [7, 11) is 0. The van der Waals surface area contributed by atoms with Gasteiger partial charge in [0.25, 0.3) is 0 Å². The minimum Gasteiger partial charge on any atom is -0.351 e. The van der Waals surface area contributed by atoms with Gasteiger partial charge in [-0.25, -0.2) is 0 Å². The van der Waals surface area contributed by atoms with Crippen molar-refractivity contribution in [1.29, 1.82) is 0 Å². The average molecular weight is 440 g/mol. The number of hydrogen-bond acceptors (Lipinski definition) is 3. The van der Waals surface area contributed by atoms with Crippen LogP contribution in [0.15, 0.2) is 79.3 Å². The van der Waals surface area contributed by atoms with Crippen molar-refractivity contribution in [2.75, 3.05) is 4.90 Å². The number of hydrogen-bond donors (Lipinski definition) is 1. The van der Waals surface area contributed by atoms with Gasteiger partial charge in [0, 0.05) is 29.5 Å². The summed E-state index contributed by atoms with van der Waals surface area (Å²) in [5.41, 5.74) is 7.86. The number of aromatic nitrogens is 3. The van der Waals surface area contributed by atoms with Crippen LogP contribution in [0.1, 0.15) is 40.3 Å². The van der Waals surface area contributed by atoms with Crippen LogP contribution in [0.5, 0.6) is 0 Å². The van der Waals surface area contributed by atoms with Crippen LogP contribution in [0, 0.1) is 20.8 Å². The number of anilines is 1. The van der Waals surface area contributed by atoms with E-state index in [4.69, 9.17) is 12.2 Å². The first kappa shape index (κ1) is 20.4. The number of nitrogens with zero attached hydrogens (tertiary/aromatic N) is 4. The lowest BCUT2D eigenvalue weighted by Gasteiger charge is -2.28. The average Bonchev–Trinajstić information content (AvgIpc) is 3.30. The molecule has 3 aromatic heterocycles. The van der Waals surface area contributed by atoms with E-state index in [-0.39, 0.29) is 12.1 Å². The predicted molar refractivity (Wildman–Crippen MR) is 132 cm³/mol. The molecule has 1 aliphatic rings. The Morgan fingerprint density at radius 1 is 0.906 bits per heavy atom. The Morgan fingerprint density at radius 3 is 2.47 bits per heavy atom. The second-order valence-electron chi connectivity index (χ2n) is 8.21. The molecule has 1 aliphatic heterocycles. The van der Waals surface area contributed by atoms with E-state index in [0.29, 0.717) is 5.11 Å². The molecule has 5 nitrogen and oxygen atoms in total. The first-order chi connectivity index (χ1) is 15.5. The Morgan fingerprint density at radius 2 is 1.75 bits per heavy atom. The molecule has 2 atom stereocenters. The molecule has 2 unspecified atom stereocenters. The van der Waals surface area contributed by atoms with Crippen molar-refractivity contribution in [3.05, 3.63) is 107 Å². The third-order valence-corrected chi connectivity index (χ3v) is 6.39. The number of pyridine rings is 2. The minimum atomic E-state index is -0.0629. The highest BCUT2D eigenvalue weighted by atomic mass is 32.1. The van der Waals surface area contributed by atoms with Crippen LogP contribution in [-0.4, -0.2) is 19.6 Å². The number of nitrogens with one attached hydrogen (secondary N) is 1. The van der Waals surface area contributed by atoms with Gasteiger partial charge in [0.2, 0.25) is 0 Å². The molecule has 1 fully saturated rings. The molecule has 1 saturated heterocycles. The van der Waals surface area contributed by atoms with E-state index in [1.807, 2.05) is 30.6 Å². The van der Waals surface area contributed by atoms with Gasteiger partial charge in [-0.2, -0.15) is 0 Å². The van der Waals surface area contributed by atoms with E-state index in [0.717, 1.165) is 22.8 Å². The highest BCUT2D eigenvalue weighted by molar-refractivity contribution is 7.80. The predicted octanol–water partition coefficient (Wildman–Crippen LogP) is 5.37. The van der Waals surface area contributed by atoms with Gasteiger partial charge in [-0.05, 0) is 86.6 Å². The minimum absolute atomic E-state index is 0.0316. The molecule has 6 heteroatoms. The fourth-order valence-corrected chi connectivity index (χ4v) is 5.04. The van der Waals surface area contributed by atoms with Crippen LogP contribution in [0.4, 0.5) is 5.69 Å². The van der Waals surface area contributed by atoms with E-state index < -0.39 is 0 Å². The van der Waals surface area contributed by atoms with E-state index in [2.05, 4.69) is 88.0 Å². The molecule has 0 bridgehead atoms. The summed E-state index contributed by atoms with van der Waals surface area (Å²) < 4.78 is 2.26. The van der Waals surface area contributed by atoms with Gasteiger partial charge < -0.3 is 14.8 Å². The van der Waals surface area contributed by atoms with Crippen LogP contribution < -0.4 is 10.2 Å². The van der Waals surface area contributed by atoms with Crippen LogP contribution in [0.2, 0.25) is 0 Å². The Hall–Kier alpha value is -3.51. The molecule has 4 aromatic rings. The smallest absolute Gasteiger partial charge is 0.174 e. The summed E-state index contributed by atoms with van der Waals surface area (Å²) in [6.45, 7) is 6.41. The van der Waals surface area contributed by atoms with Gasteiger partial charge in [-0.1, -0.05) is 18.2 Å². The van der Waals surface area contributed by atoms with Gasteiger partial charge >= 0.3 is 0 Å². The summed E-state index contributed by atoms with van der Waals surface area (Å²) in [6.07, 6.45) is 5.54. The lowest BCUT2D eigenvalue weighted by Crippen LogP contribution is -2.29. The van der Waals surface area contributed by atoms with Gasteiger partial charge in [0.05, 0.1) is 29.7 Å². The number of rotatable bonds is 4. The van der Waals surface area contributed by atoms with E-state index in [1.165, 1.54) is 16.8 Å². The molecular formula is C26H25N5S. The second kappa shape index (κ2) is 8.20. The Kier molecular flexibility index (Phi) is 5.23. The third kappa shape index (κ3) is 3.46. The Labute approximate surface area is 193 Å². The lowest BCUT2D eigenvalue weighted by molar-refractivity contribution is 0.565. The number of benzene rings is 1. The normalized spacial score (nSPS) is 18.1. The fraction of sp³-hybridized carbons (Fsp3) is 0.192. The first-order valence-electron chi connectivity index (χ1n) is 10.7. The molecule has 0 radical (unpaired) electrons. The highest BCUT2D eigenvalue weighted by Gasteiger charge is 2.42. The molecule has 0 aliphatic carbocycles. The zero-order valence-corrected chi connectivity index (χ0v) is 19.2. The maximum absolute atomic E-state index is 5.87. The molecular weight excluding hydrogens is 414 g/mol. The van der Waals surface area contributed by atoms with E-state index >= 15 is 0 Å². The monoisotopic (exact) mass is 439 g/mol. The molecule has 5 rings (SSSR count). The summed E-state index contributed by atoms with van der Waals surface area (Å²) in [4.78, 5) is 11.2. The topological polar surface area (TPSA) is 46.0 Å². The maximum Gasteiger partial charge on any atom is 0.174 e. The fourth-order valence-electron chi connectivity index (χ4n) is 4.70. The van der Waals surface area contributed by atoms with E-state index in [9.17, 15) is 0 Å². The first-order valence-corrected chi connectivity index (χ1v) is 11.1. The summed E-state index contributed by atoms with van der Waals surface area (Å²) in [6, 6.07) is 20.7. The summed E-state index contributed by atoms with van der Waals surface area (Å²) in [5.74, 6) is 0. The van der Waals surface area contributed by atoms with Gasteiger partial charge in [-0.3, -0.25) is 9.97 Å². The van der Waals surface area contributed by atoms with Crippen molar-refractivity contribution in [1.82, 2.24) is 19.9 Å². The second-order valence-corrected chi connectivity index (χ2v) is 8.60. The lowest BCUT2D eigenvalue weighted by atomic mass is 9.96. The standard InChI is InChI=1S/C26H25N5S/c1-17-8-6-9-20(14-17)31-25(24(29-26(31)32)23-11-4-5-13-28-23)22-15-18(2)30(19(22)3)21-10-7-12-27-16-21/h4-16,24-25H,1-3H3,(H,29,32). The van der Waals surface area contributed by atoms with E-state index in [1.54, 1.807) is 6.20 Å². The van der Waals surface area contributed by atoms with Gasteiger partial charge in [-0.15, -0.1) is 0 Å². The quantitative estimate of drug-likeness (QED) is 0.433. The van der Waals surface area contributed by atoms with Crippen molar-refractivity contribution < 1.29 is 0 Å². The largest absolute Gasteiger partial charge is 0.351 e. The Bertz CT molecular complexity index is 1270. The Balaban J connectivity index is 1.69. The van der Waals surface area contributed by atoms with Gasteiger partial charge in [0.1, 0.15) is 0 Å². The molecule has 0 saturated carbocycles. The van der Waals surface area contributed by atoms with Crippen molar-refractivity contribution >= 4 is 23.0 Å². The number of thiocarbonyl (C=S) groups is 1. The SMILES string of the molecule is Cc1cccc(N2C(=S)NC(c3ccccn3)C2c2cc(C)n(-c3cccnc3)c2C)c1. The molecule has 4 heterocycles. The molecule has 1 aromatic carbocycles. The van der Waals surface area contributed by atoms with Crippen LogP contribution >= 0.6 is 12.2 Å². The summed E-state index contributed by atoms with van der Waals surface area (Å²) in [5, 5.41) is 4.27. The zero-order chi connectivity index (χ0) is 22.2. The highest BCUT2D eigenvalue weighted by Crippen LogP contribution is 2.43. The van der Waals surface area contributed by atoms with Crippen molar-refractivity contribution in [3.63, 3.8) is 0 Å². The van der Waals surface area contributed by atoms with Crippen LogP contribution in [0.3, 0.4) is 0 Å². The molecule has 1 N–H and O–H groups in total. The van der Waals surface area contributed by atoms with Crippen molar-refractivity contribution in [2.45, 2.75) is 32.9 Å². The van der Waals surface area contributed by atoms with Crippen LogP contribution in [0.25, 0.3) is 5.69 Å². The molecule has 160 valence electrons. The zero-order valence-electron chi connectivity index (χ0n) is 18.4. The van der Waals surface area contributed by atoms with Gasteiger partial charge in [0.15, 0.2) is 5.11 Å². The third-order valence-electron chi connectivity index (χ3n) is 6.07. The van der Waals surface area contributed by atoms with Crippen molar-refractivity contribution in [2.24, 2.45) is 0 Å².